The van der Waals surface area contributed by atoms with Crippen LogP contribution in [0.1, 0.15) is 45.4 Å². The summed E-state index contributed by atoms with van der Waals surface area (Å²) in [6, 6.07) is 0. The molecule has 0 aromatic rings. The molecular formula is C16H26O3S. The van der Waals surface area contributed by atoms with Crippen LogP contribution in [-0.4, -0.2) is 29.9 Å². The summed E-state index contributed by atoms with van der Waals surface area (Å²) in [6.07, 6.45) is 7.01. The summed E-state index contributed by atoms with van der Waals surface area (Å²) in [5, 5.41) is 0. The van der Waals surface area contributed by atoms with Gasteiger partial charge in [0.15, 0.2) is 0 Å². The highest BCUT2D eigenvalue weighted by molar-refractivity contribution is 7.99. The van der Waals surface area contributed by atoms with Crippen LogP contribution in [0.5, 0.6) is 0 Å². The van der Waals surface area contributed by atoms with E-state index in [1.54, 1.807) is 0 Å². The lowest BCUT2D eigenvalue weighted by Crippen LogP contribution is -2.15. The smallest absolute Gasteiger partial charge is 0.305 e. The van der Waals surface area contributed by atoms with E-state index in [9.17, 15) is 9.59 Å². The fraction of sp³-hybridized carbons (Fsp3) is 0.750. The van der Waals surface area contributed by atoms with Crippen LogP contribution >= 0.6 is 11.8 Å². The summed E-state index contributed by atoms with van der Waals surface area (Å²) in [6.45, 7) is 6.06. The Bertz CT molecular complexity index is 328. The zero-order valence-corrected chi connectivity index (χ0v) is 13.3. The minimum Gasteiger partial charge on any atom is -0.466 e. The number of esters is 1. The van der Waals surface area contributed by atoms with Gasteiger partial charge in [-0.15, -0.1) is 6.58 Å². The van der Waals surface area contributed by atoms with Crippen molar-refractivity contribution >= 4 is 23.5 Å². The Labute approximate surface area is 126 Å². The van der Waals surface area contributed by atoms with Crippen molar-refractivity contribution in [2.24, 2.45) is 11.8 Å². The first-order valence-electron chi connectivity index (χ1n) is 7.56. The molecule has 0 saturated heterocycles. The van der Waals surface area contributed by atoms with Crippen LogP contribution in [0, 0.1) is 11.8 Å². The number of thioether (sulfide) groups is 1. The minimum atomic E-state index is -0.106. The first-order valence-corrected chi connectivity index (χ1v) is 8.71. The van der Waals surface area contributed by atoms with Crippen molar-refractivity contribution < 1.29 is 14.3 Å². The Morgan fingerprint density at radius 2 is 2.30 bits per heavy atom. The molecule has 1 aliphatic carbocycles. The van der Waals surface area contributed by atoms with Gasteiger partial charge < -0.3 is 4.74 Å². The number of allylic oxidation sites excluding steroid dienone is 1. The zero-order valence-electron chi connectivity index (χ0n) is 12.4. The van der Waals surface area contributed by atoms with Gasteiger partial charge in [-0.3, -0.25) is 9.59 Å². The second kappa shape index (κ2) is 10.0. The molecule has 114 valence electrons. The summed E-state index contributed by atoms with van der Waals surface area (Å²) in [7, 11) is 0. The Balaban J connectivity index is 2.09. The van der Waals surface area contributed by atoms with Crippen LogP contribution < -0.4 is 0 Å². The van der Waals surface area contributed by atoms with Gasteiger partial charge in [0.1, 0.15) is 5.78 Å². The fourth-order valence-corrected chi connectivity index (χ4v) is 3.71. The molecule has 1 unspecified atom stereocenters. The molecule has 0 aromatic carbocycles. The van der Waals surface area contributed by atoms with Gasteiger partial charge in [0.25, 0.3) is 0 Å². The third-order valence-electron chi connectivity index (χ3n) is 3.76. The van der Waals surface area contributed by atoms with Gasteiger partial charge in [-0.1, -0.05) is 6.08 Å². The van der Waals surface area contributed by atoms with Crippen LogP contribution in [0.15, 0.2) is 12.7 Å². The van der Waals surface area contributed by atoms with Crippen LogP contribution in [0.4, 0.5) is 0 Å². The van der Waals surface area contributed by atoms with Gasteiger partial charge in [0.2, 0.25) is 0 Å². The standard InChI is InChI=1S/C16H26O3S/c1-3-6-13-8-9-15(17)14(13)10-12-20-11-5-7-16(18)19-4-2/h3,13-14H,1,4-12H2,2H3/t13?,14-/m1/s1. The second-order valence-corrected chi connectivity index (χ2v) is 6.43. The summed E-state index contributed by atoms with van der Waals surface area (Å²) >= 11 is 1.84. The van der Waals surface area contributed by atoms with Crippen LogP contribution in [0.3, 0.4) is 0 Å². The average Bonchev–Trinajstić information content (AvgIpc) is 2.76. The summed E-state index contributed by atoms with van der Waals surface area (Å²) in [4.78, 5) is 23.0. The quantitative estimate of drug-likeness (QED) is 0.351. The molecule has 2 atom stereocenters. The van der Waals surface area contributed by atoms with Gasteiger partial charge in [-0.25, -0.2) is 0 Å². The highest BCUT2D eigenvalue weighted by Gasteiger charge is 2.32. The maximum atomic E-state index is 11.8. The Hall–Kier alpha value is -0.770. The van der Waals surface area contributed by atoms with E-state index in [2.05, 4.69) is 6.58 Å². The van der Waals surface area contributed by atoms with Crippen molar-refractivity contribution in [3.05, 3.63) is 12.7 Å². The van der Waals surface area contributed by atoms with Crippen molar-refractivity contribution in [3.63, 3.8) is 0 Å². The van der Waals surface area contributed by atoms with E-state index in [-0.39, 0.29) is 11.9 Å². The van der Waals surface area contributed by atoms with Gasteiger partial charge in [0, 0.05) is 18.8 Å². The molecule has 1 rings (SSSR count). The summed E-state index contributed by atoms with van der Waals surface area (Å²) < 4.78 is 4.88. The van der Waals surface area contributed by atoms with Gasteiger partial charge in [-0.05, 0) is 50.0 Å². The monoisotopic (exact) mass is 298 g/mol. The molecule has 0 aromatic heterocycles. The third kappa shape index (κ3) is 6.12. The first kappa shape index (κ1) is 17.3. The fourth-order valence-electron chi connectivity index (χ4n) is 2.73. The third-order valence-corrected chi connectivity index (χ3v) is 4.86. The highest BCUT2D eigenvalue weighted by Crippen LogP contribution is 2.34. The number of hydrogen-bond acceptors (Lipinski definition) is 4. The molecule has 1 fully saturated rings. The molecular weight excluding hydrogens is 272 g/mol. The number of ether oxygens (including phenoxy) is 1. The van der Waals surface area contributed by atoms with E-state index in [1.807, 2.05) is 24.8 Å². The lowest BCUT2D eigenvalue weighted by atomic mass is 9.90. The van der Waals surface area contributed by atoms with E-state index in [0.717, 1.165) is 43.6 Å². The lowest BCUT2D eigenvalue weighted by molar-refractivity contribution is -0.143. The number of Topliss-reactive ketones (excluding diaryl/α,β-unsaturated/α-hetero) is 1. The number of carbonyl (C=O) groups excluding carboxylic acids is 2. The summed E-state index contributed by atoms with van der Waals surface area (Å²) in [5.74, 6) is 3.05. The molecule has 1 aliphatic rings. The Morgan fingerprint density at radius 3 is 3.00 bits per heavy atom. The highest BCUT2D eigenvalue weighted by atomic mass is 32.2. The predicted molar refractivity (Wildman–Crippen MR) is 83.8 cm³/mol. The van der Waals surface area contributed by atoms with E-state index in [0.29, 0.717) is 24.7 Å². The average molecular weight is 298 g/mol. The van der Waals surface area contributed by atoms with E-state index in [1.165, 1.54) is 0 Å². The Morgan fingerprint density at radius 1 is 1.50 bits per heavy atom. The Kier molecular flexibility index (Phi) is 8.67. The van der Waals surface area contributed by atoms with Crippen LogP contribution in [-0.2, 0) is 14.3 Å². The van der Waals surface area contributed by atoms with Gasteiger partial charge >= 0.3 is 5.97 Å². The van der Waals surface area contributed by atoms with E-state index >= 15 is 0 Å². The van der Waals surface area contributed by atoms with Crippen molar-refractivity contribution in [2.75, 3.05) is 18.1 Å². The van der Waals surface area contributed by atoms with Crippen molar-refractivity contribution in [1.29, 1.82) is 0 Å². The van der Waals surface area contributed by atoms with Crippen molar-refractivity contribution in [2.45, 2.75) is 45.4 Å². The molecule has 3 nitrogen and oxygen atoms in total. The summed E-state index contributed by atoms with van der Waals surface area (Å²) in [5.41, 5.74) is 0. The van der Waals surface area contributed by atoms with Gasteiger partial charge in [-0.2, -0.15) is 11.8 Å². The van der Waals surface area contributed by atoms with Crippen molar-refractivity contribution in [1.82, 2.24) is 0 Å². The normalized spacial score (nSPS) is 21.9. The molecule has 0 N–H and O–H groups in total. The van der Waals surface area contributed by atoms with Gasteiger partial charge in [0.05, 0.1) is 6.61 Å². The van der Waals surface area contributed by atoms with Crippen LogP contribution in [0.2, 0.25) is 0 Å². The zero-order chi connectivity index (χ0) is 14.8. The van der Waals surface area contributed by atoms with Crippen LogP contribution in [0.25, 0.3) is 0 Å². The molecule has 4 heteroatoms. The topological polar surface area (TPSA) is 43.4 Å². The molecule has 0 aliphatic heterocycles. The molecule has 1 saturated carbocycles. The molecule has 0 spiro atoms. The second-order valence-electron chi connectivity index (χ2n) is 5.21. The molecule has 0 radical (unpaired) electrons. The maximum Gasteiger partial charge on any atom is 0.305 e. The number of carbonyl (C=O) groups is 2. The van der Waals surface area contributed by atoms with E-state index < -0.39 is 0 Å². The maximum absolute atomic E-state index is 11.8. The molecule has 0 heterocycles. The van der Waals surface area contributed by atoms with E-state index in [4.69, 9.17) is 4.74 Å². The van der Waals surface area contributed by atoms with Crippen molar-refractivity contribution in [3.8, 4) is 0 Å². The minimum absolute atomic E-state index is 0.106. The number of rotatable bonds is 10. The molecule has 0 bridgehead atoms. The lowest BCUT2D eigenvalue weighted by Gasteiger charge is -2.16. The number of hydrogen-bond donors (Lipinski definition) is 0. The largest absolute Gasteiger partial charge is 0.466 e. The number of ketones is 1. The molecule has 20 heavy (non-hydrogen) atoms. The predicted octanol–water partition coefficient (Wildman–Crippen LogP) is 3.62. The molecule has 0 amide bonds. The first-order chi connectivity index (χ1) is 9.69. The SMILES string of the molecule is C=CCC1CCC(=O)[C@@H]1CCSCCCC(=O)OCC.